The molecule has 5 nitrogen and oxygen atoms in total. The first-order valence-corrected chi connectivity index (χ1v) is 9.89. The molecule has 0 aliphatic carbocycles. The number of carbonyl (C=O) groups is 1. The summed E-state index contributed by atoms with van der Waals surface area (Å²) in [5.74, 6) is 1.95. The number of hydrogen-bond acceptors (Lipinski definition) is 4. The number of rotatable bonds is 7. The van der Waals surface area contributed by atoms with E-state index in [0.717, 1.165) is 22.7 Å². The predicted molar refractivity (Wildman–Crippen MR) is 124 cm³/mol. The third kappa shape index (κ3) is 6.76. The van der Waals surface area contributed by atoms with E-state index in [-0.39, 0.29) is 11.0 Å². The lowest BCUT2D eigenvalue weighted by atomic mass is 10.2. The Balaban J connectivity index is 1.48. The fourth-order valence-electron chi connectivity index (χ4n) is 2.56. The largest absolute Gasteiger partial charge is 0.494 e. The summed E-state index contributed by atoms with van der Waals surface area (Å²) < 4.78 is 11.1. The summed E-state index contributed by atoms with van der Waals surface area (Å²) in [5.41, 5.74) is 1.64. The van der Waals surface area contributed by atoms with Crippen molar-refractivity contribution in [2.45, 2.75) is 6.92 Å². The molecular formula is C24H22N2O3S. The number of ether oxygens (including phenoxy) is 2. The first-order valence-electron chi connectivity index (χ1n) is 9.48. The maximum absolute atomic E-state index is 12.1. The van der Waals surface area contributed by atoms with Crippen LogP contribution in [0.3, 0.4) is 0 Å². The van der Waals surface area contributed by atoms with Gasteiger partial charge in [-0.1, -0.05) is 30.3 Å². The van der Waals surface area contributed by atoms with Crippen molar-refractivity contribution in [3.8, 4) is 17.2 Å². The number of hydrogen-bond donors (Lipinski definition) is 2. The molecule has 1 amide bonds. The zero-order valence-corrected chi connectivity index (χ0v) is 17.3. The molecule has 3 aromatic carbocycles. The van der Waals surface area contributed by atoms with Crippen LogP contribution in [0.15, 0.2) is 84.9 Å². The topological polar surface area (TPSA) is 59.6 Å². The van der Waals surface area contributed by atoms with Gasteiger partial charge in [0.25, 0.3) is 0 Å². The third-order valence-electron chi connectivity index (χ3n) is 3.95. The highest BCUT2D eigenvalue weighted by Crippen LogP contribution is 2.22. The van der Waals surface area contributed by atoms with Crippen LogP contribution in [0, 0.1) is 0 Å². The van der Waals surface area contributed by atoms with Crippen LogP contribution in [0.25, 0.3) is 6.08 Å². The molecule has 30 heavy (non-hydrogen) atoms. The van der Waals surface area contributed by atoms with E-state index >= 15 is 0 Å². The maximum Gasteiger partial charge on any atom is 0.250 e. The molecular weight excluding hydrogens is 396 g/mol. The lowest BCUT2D eigenvalue weighted by Gasteiger charge is -2.10. The van der Waals surface area contributed by atoms with Gasteiger partial charge in [-0.25, -0.2) is 0 Å². The van der Waals surface area contributed by atoms with E-state index in [1.54, 1.807) is 6.08 Å². The number of para-hydroxylation sites is 1. The highest BCUT2D eigenvalue weighted by atomic mass is 32.1. The Morgan fingerprint density at radius 2 is 1.53 bits per heavy atom. The summed E-state index contributed by atoms with van der Waals surface area (Å²) in [6.45, 7) is 2.55. The zero-order chi connectivity index (χ0) is 21.2. The van der Waals surface area contributed by atoms with Crippen LogP contribution in [-0.2, 0) is 4.79 Å². The highest BCUT2D eigenvalue weighted by Gasteiger charge is 2.03. The molecule has 0 aromatic heterocycles. The average molecular weight is 419 g/mol. The van der Waals surface area contributed by atoms with Crippen LogP contribution in [0.4, 0.5) is 5.69 Å². The van der Waals surface area contributed by atoms with Gasteiger partial charge in [-0.3, -0.25) is 10.1 Å². The van der Waals surface area contributed by atoms with Crippen molar-refractivity contribution in [2.24, 2.45) is 0 Å². The Hall–Kier alpha value is -3.64. The molecule has 0 aliphatic heterocycles. The molecule has 152 valence electrons. The van der Waals surface area contributed by atoms with Gasteiger partial charge in [0.2, 0.25) is 5.91 Å². The summed E-state index contributed by atoms with van der Waals surface area (Å²) in [6, 6.07) is 24.3. The second-order valence-electron chi connectivity index (χ2n) is 6.22. The van der Waals surface area contributed by atoms with Crippen molar-refractivity contribution in [3.63, 3.8) is 0 Å². The summed E-state index contributed by atoms with van der Waals surface area (Å²) >= 11 is 5.20. The summed E-state index contributed by atoms with van der Waals surface area (Å²) in [4.78, 5) is 12.1. The zero-order valence-electron chi connectivity index (χ0n) is 16.5. The van der Waals surface area contributed by atoms with Crippen molar-refractivity contribution in [1.29, 1.82) is 0 Å². The number of anilines is 1. The highest BCUT2D eigenvalue weighted by molar-refractivity contribution is 7.80. The molecule has 0 bridgehead atoms. The Morgan fingerprint density at radius 1 is 0.900 bits per heavy atom. The number of amides is 1. The van der Waals surface area contributed by atoms with E-state index < -0.39 is 0 Å². The van der Waals surface area contributed by atoms with Crippen molar-refractivity contribution in [3.05, 3.63) is 90.5 Å². The molecule has 0 saturated carbocycles. The van der Waals surface area contributed by atoms with Gasteiger partial charge in [0.1, 0.15) is 17.2 Å². The molecule has 3 rings (SSSR count). The Kier molecular flexibility index (Phi) is 7.58. The molecule has 0 fully saturated rings. The molecule has 0 radical (unpaired) electrons. The Labute approximate surface area is 181 Å². The van der Waals surface area contributed by atoms with Crippen LogP contribution in [0.2, 0.25) is 0 Å². The molecule has 2 N–H and O–H groups in total. The van der Waals surface area contributed by atoms with Crippen LogP contribution < -0.4 is 20.1 Å². The van der Waals surface area contributed by atoms with Crippen LogP contribution in [0.1, 0.15) is 12.5 Å². The van der Waals surface area contributed by atoms with E-state index in [1.807, 2.05) is 85.8 Å². The lowest BCUT2D eigenvalue weighted by molar-refractivity contribution is -0.115. The van der Waals surface area contributed by atoms with Gasteiger partial charge < -0.3 is 14.8 Å². The van der Waals surface area contributed by atoms with Gasteiger partial charge in [0.05, 0.1) is 6.61 Å². The fraction of sp³-hybridized carbons (Fsp3) is 0.0833. The maximum atomic E-state index is 12.1. The van der Waals surface area contributed by atoms with Gasteiger partial charge in [-0.15, -0.1) is 0 Å². The fourth-order valence-corrected chi connectivity index (χ4v) is 2.78. The predicted octanol–water partition coefficient (Wildman–Crippen LogP) is 5.40. The molecule has 0 saturated heterocycles. The molecule has 0 aliphatic rings. The van der Waals surface area contributed by atoms with Gasteiger partial charge >= 0.3 is 0 Å². The molecule has 0 atom stereocenters. The van der Waals surface area contributed by atoms with Crippen LogP contribution in [-0.4, -0.2) is 17.6 Å². The van der Waals surface area contributed by atoms with E-state index in [4.69, 9.17) is 21.7 Å². The van der Waals surface area contributed by atoms with Gasteiger partial charge in [-0.05, 0) is 79.3 Å². The molecule has 0 spiro atoms. The minimum atomic E-state index is -0.314. The third-order valence-corrected chi connectivity index (χ3v) is 4.15. The normalized spacial score (nSPS) is 10.4. The second kappa shape index (κ2) is 10.8. The first-order chi connectivity index (χ1) is 14.6. The van der Waals surface area contributed by atoms with Crippen molar-refractivity contribution >= 4 is 35.0 Å². The average Bonchev–Trinajstić information content (AvgIpc) is 2.75. The Bertz CT molecular complexity index is 1000. The van der Waals surface area contributed by atoms with E-state index in [2.05, 4.69) is 10.6 Å². The smallest absolute Gasteiger partial charge is 0.250 e. The molecule has 0 heterocycles. The minimum absolute atomic E-state index is 0.216. The number of carbonyl (C=O) groups excluding carboxylic acids is 1. The summed E-state index contributed by atoms with van der Waals surface area (Å²) in [7, 11) is 0. The Morgan fingerprint density at radius 3 is 2.20 bits per heavy atom. The SMILES string of the molecule is CCOc1ccc(/C=C/C(=O)NC(=S)Nc2ccc(Oc3ccccc3)cc2)cc1. The molecule has 3 aromatic rings. The minimum Gasteiger partial charge on any atom is -0.494 e. The van der Waals surface area contributed by atoms with Gasteiger partial charge in [-0.2, -0.15) is 0 Å². The van der Waals surface area contributed by atoms with E-state index in [1.165, 1.54) is 6.08 Å². The van der Waals surface area contributed by atoms with Gasteiger partial charge in [0.15, 0.2) is 5.11 Å². The van der Waals surface area contributed by atoms with Crippen molar-refractivity contribution in [2.75, 3.05) is 11.9 Å². The second-order valence-corrected chi connectivity index (χ2v) is 6.63. The van der Waals surface area contributed by atoms with E-state index in [9.17, 15) is 4.79 Å². The molecule has 0 unspecified atom stereocenters. The first kappa shape index (κ1) is 21.1. The van der Waals surface area contributed by atoms with Crippen LogP contribution in [0.5, 0.6) is 17.2 Å². The summed E-state index contributed by atoms with van der Waals surface area (Å²) in [6.07, 6.45) is 3.14. The number of benzene rings is 3. The van der Waals surface area contributed by atoms with Crippen LogP contribution >= 0.6 is 12.2 Å². The van der Waals surface area contributed by atoms with Gasteiger partial charge in [0, 0.05) is 11.8 Å². The number of nitrogens with one attached hydrogen (secondary N) is 2. The lowest BCUT2D eigenvalue weighted by Crippen LogP contribution is -2.32. The number of thiocarbonyl (C=S) groups is 1. The summed E-state index contributed by atoms with van der Waals surface area (Å²) in [5, 5.41) is 5.82. The van der Waals surface area contributed by atoms with E-state index in [0.29, 0.717) is 12.4 Å². The quantitative estimate of drug-likeness (QED) is 0.397. The molecule has 6 heteroatoms. The standard InChI is InChI=1S/C24H22N2O3S/c1-2-28-20-13-8-18(9-14-20)10-17-23(27)26-24(30)25-19-11-15-22(16-12-19)29-21-6-4-3-5-7-21/h3-17H,2H2,1H3,(H2,25,26,27,30)/b17-10+. The van der Waals surface area contributed by atoms with Crippen molar-refractivity contribution in [1.82, 2.24) is 5.32 Å². The van der Waals surface area contributed by atoms with Crippen molar-refractivity contribution < 1.29 is 14.3 Å². The monoisotopic (exact) mass is 418 g/mol.